The molecule has 11 heavy (non-hydrogen) atoms. The zero-order valence-electron chi connectivity index (χ0n) is 7.13. The first-order chi connectivity index (χ1) is 4.73. The molecule has 0 heterocycles. The maximum atomic E-state index is 11.0. The predicted molar refractivity (Wildman–Crippen MR) is 43.0 cm³/mol. The van der Waals surface area contributed by atoms with E-state index in [1.807, 2.05) is 0 Å². The van der Waals surface area contributed by atoms with E-state index in [-0.39, 0.29) is 0 Å². The molecule has 1 N–H and O–H groups in total. The smallest absolute Gasteiger partial charge is 0.240 e. The normalized spacial score (nSPS) is 12.7. The van der Waals surface area contributed by atoms with Crippen molar-refractivity contribution in [1.29, 1.82) is 0 Å². The Morgan fingerprint density at radius 3 is 1.82 bits per heavy atom. The number of rotatable bonds is 2. The molecule has 0 aliphatic carbocycles. The van der Waals surface area contributed by atoms with Crippen LogP contribution in [0.5, 0.6) is 0 Å². The summed E-state index contributed by atoms with van der Waals surface area (Å²) in [4.78, 5) is 11.0. The van der Waals surface area contributed by atoms with Crippen molar-refractivity contribution >= 4 is 15.7 Å². The van der Waals surface area contributed by atoms with Crippen LogP contribution in [0.15, 0.2) is 0 Å². The Kier molecular flexibility index (Phi) is 2.66. The van der Waals surface area contributed by atoms with Crippen LogP contribution in [-0.4, -0.2) is 32.4 Å². The van der Waals surface area contributed by atoms with E-state index in [9.17, 15) is 13.2 Å². The van der Waals surface area contributed by atoms with Crippen molar-refractivity contribution in [3.63, 3.8) is 0 Å². The Morgan fingerprint density at radius 2 is 1.73 bits per heavy atom. The monoisotopic (exact) mass is 179 g/mol. The molecule has 0 bridgehead atoms. The van der Waals surface area contributed by atoms with Crippen LogP contribution in [0.25, 0.3) is 0 Å². The van der Waals surface area contributed by atoms with Crippen LogP contribution in [-0.2, 0) is 14.6 Å². The first-order valence-electron chi connectivity index (χ1n) is 3.15. The Hall–Kier alpha value is -0.580. The molecule has 0 fully saturated rings. The average Bonchev–Trinajstić information content (AvgIpc) is 1.83. The van der Waals surface area contributed by atoms with Gasteiger partial charge in [0, 0.05) is 13.3 Å². The highest BCUT2D eigenvalue weighted by atomic mass is 32.2. The highest BCUT2D eigenvalue weighted by molar-refractivity contribution is 7.92. The molecule has 0 aromatic carbocycles. The first-order valence-corrected chi connectivity index (χ1v) is 5.04. The zero-order valence-corrected chi connectivity index (χ0v) is 7.95. The molecule has 0 aromatic heterocycles. The highest BCUT2D eigenvalue weighted by Gasteiger charge is 2.37. The molecule has 4 nitrogen and oxygen atoms in total. The minimum atomic E-state index is -3.33. The van der Waals surface area contributed by atoms with Gasteiger partial charge in [0.2, 0.25) is 5.91 Å². The van der Waals surface area contributed by atoms with Crippen molar-refractivity contribution in [3.05, 3.63) is 0 Å². The number of hydrogen-bond acceptors (Lipinski definition) is 3. The van der Waals surface area contributed by atoms with Crippen LogP contribution in [0.3, 0.4) is 0 Å². The van der Waals surface area contributed by atoms with E-state index >= 15 is 0 Å². The van der Waals surface area contributed by atoms with Gasteiger partial charge in [0.25, 0.3) is 0 Å². The van der Waals surface area contributed by atoms with Gasteiger partial charge >= 0.3 is 0 Å². The lowest BCUT2D eigenvalue weighted by Gasteiger charge is -2.19. The second-order valence-corrected chi connectivity index (χ2v) is 5.43. The zero-order chi connectivity index (χ0) is 9.28. The number of hydrogen-bond donors (Lipinski definition) is 1. The minimum absolute atomic E-state index is 0.486. The van der Waals surface area contributed by atoms with Gasteiger partial charge in [-0.15, -0.1) is 0 Å². The Balaban J connectivity index is 4.90. The summed E-state index contributed by atoms with van der Waals surface area (Å²) < 4.78 is 20.7. The van der Waals surface area contributed by atoms with Crippen molar-refractivity contribution in [1.82, 2.24) is 5.32 Å². The summed E-state index contributed by atoms with van der Waals surface area (Å²) in [7, 11) is -1.91. The fourth-order valence-corrected chi connectivity index (χ4v) is 0.908. The second kappa shape index (κ2) is 2.81. The van der Waals surface area contributed by atoms with Crippen LogP contribution < -0.4 is 5.32 Å². The van der Waals surface area contributed by atoms with Gasteiger partial charge in [-0.3, -0.25) is 4.79 Å². The quantitative estimate of drug-likeness (QED) is 0.625. The minimum Gasteiger partial charge on any atom is -0.358 e. The van der Waals surface area contributed by atoms with Gasteiger partial charge in [0.05, 0.1) is 0 Å². The lowest BCUT2D eigenvalue weighted by molar-refractivity contribution is -0.122. The van der Waals surface area contributed by atoms with Gasteiger partial charge < -0.3 is 5.32 Å². The molecule has 0 atom stereocenters. The fraction of sp³-hybridized carbons (Fsp3) is 0.833. The van der Waals surface area contributed by atoms with Crippen LogP contribution in [0.2, 0.25) is 0 Å². The summed E-state index contributed by atoms with van der Waals surface area (Å²) in [5, 5.41) is 2.29. The molecule has 0 unspecified atom stereocenters. The predicted octanol–water partition coefficient (Wildman–Crippen LogP) is -0.444. The third-order valence-electron chi connectivity index (χ3n) is 1.70. The van der Waals surface area contributed by atoms with E-state index in [1.54, 1.807) is 0 Å². The third-order valence-corrected chi connectivity index (χ3v) is 3.74. The van der Waals surface area contributed by atoms with Gasteiger partial charge in [-0.1, -0.05) is 0 Å². The van der Waals surface area contributed by atoms with Crippen molar-refractivity contribution in [2.45, 2.75) is 18.6 Å². The molecular formula is C6H13NO3S. The van der Waals surface area contributed by atoms with Gasteiger partial charge in [-0.25, -0.2) is 8.42 Å². The lowest BCUT2D eigenvalue weighted by Crippen LogP contribution is -2.46. The highest BCUT2D eigenvalue weighted by Crippen LogP contribution is 2.14. The number of amides is 1. The van der Waals surface area contributed by atoms with Gasteiger partial charge in [-0.2, -0.15) is 0 Å². The molecule has 66 valence electrons. The SMILES string of the molecule is CNC(=O)C(C)(C)S(C)(=O)=O. The van der Waals surface area contributed by atoms with Crippen LogP contribution >= 0.6 is 0 Å². The summed E-state index contributed by atoms with van der Waals surface area (Å²) in [5.41, 5.74) is 0. The Morgan fingerprint density at radius 1 is 1.36 bits per heavy atom. The second-order valence-electron chi connectivity index (χ2n) is 2.86. The van der Waals surface area contributed by atoms with E-state index in [0.29, 0.717) is 0 Å². The maximum Gasteiger partial charge on any atom is 0.240 e. The third kappa shape index (κ3) is 1.92. The molecule has 5 heteroatoms. The molecule has 0 saturated carbocycles. The van der Waals surface area contributed by atoms with Crippen molar-refractivity contribution in [3.8, 4) is 0 Å². The van der Waals surface area contributed by atoms with Crippen molar-refractivity contribution in [2.75, 3.05) is 13.3 Å². The maximum absolute atomic E-state index is 11.0. The number of carbonyl (C=O) groups excluding carboxylic acids is 1. The number of sulfone groups is 1. The molecule has 0 aromatic rings. The van der Waals surface area contributed by atoms with Crippen LogP contribution in [0.4, 0.5) is 0 Å². The molecule has 0 aliphatic rings. The van der Waals surface area contributed by atoms with Crippen LogP contribution in [0, 0.1) is 0 Å². The summed E-state index contributed by atoms with van der Waals surface area (Å²) in [5.74, 6) is -0.486. The first kappa shape index (κ1) is 10.4. The summed E-state index contributed by atoms with van der Waals surface area (Å²) in [6.07, 6.45) is 1.04. The average molecular weight is 179 g/mol. The van der Waals surface area contributed by atoms with E-state index in [4.69, 9.17) is 0 Å². The molecule has 0 aliphatic heterocycles. The summed E-state index contributed by atoms with van der Waals surface area (Å²) in [6, 6.07) is 0. The van der Waals surface area contributed by atoms with Crippen molar-refractivity contribution in [2.24, 2.45) is 0 Å². The van der Waals surface area contributed by atoms with Gasteiger partial charge in [0.15, 0.2) is 9.84 Å². The fourth-order valence-electron chi connectivity index (χ4n) is 0.469. The van der Waals surface area contributed by atoms with E-state index < -0.39 is 20.5 Å². The largest absolute Gasteiger partial charge is 0.358 e. The van der Waals surface area contributed by atoms with E-state index in [2.05, 4.69) is 5.32 Å². The molecule has 0 saturated heterocycles. The van der Waals surface area contributed by atoms with Gasteiger partial charge in [-0.05, 0) is 13.8 Å². The van der Waals surface area contributed by atoms with Gasteiger partial charge in [0.1, 0.15) is 4.75 Å². The summed E-state index contributed by atoms with van der Waals surface area (Å²) >= 11 is 0. The van der Waals surface area contributed by atoms with E-state index in [0.717, 1.165) is 6.26 Å². The lowest BCUT2D eigenvalue weighted by atomic mass is 10.2. The topological polar surface area (TPSA) is 63.2 Å². The molecule has 1 amide bonds. The standard InChI is InChI=1S/C6H13NO3S/c1-6(2,5(8)7-3)11(4,9)10/h1-4H3,(H,7,8). The Labute approximate surface area is 66.9 Å². The molecule has 0 spiro atoms. The van der Waals surface area contributed by atoms with Crippen LogP contribution in [0.1, 0.15) is 13.8 Å². The number of carbonyl (C=O) groups is 1. The molecule has 0 rings (SSSR count). The molecular weight excluding hydrogens is 166 g/mol. The summed E-state index contributed by atoms with van der Waals surface area (Å²) in [6.45, 7) is 2.75. The van der Waals surface area contributed by atoms with Crippen molar-refractivity contribution < 1.29 is 13.2 Å². The number of nitrogens with one attached hydrogen (secondary N) is 1. The van der Waals surface area contributed by atoms with E-state index in [1.165, 1.54) is 20.9 Å². The molecule has 0 radical (unpaired) electrons. The Bertz CT molecular complexity index is 253.